The Labute approximate surface area is 373 Å². The van der Waals surface area contributed by atoms with Crippen molar-refractivity contribution in [3.05, 3.63) is 76.5 Å². The molecule has 0 radical (unpaired) electrons. The van der Waals surface area contributed by atoms with Gasteiger partial charge in [0.25, 0.3) is 5.91 Å². The topological polar surface area (TPSA) is 342 Å². The smallest absolute Gasteiger partial charge is 0.252 e. The molecule has 3 heterocycles. The van der Waals surface area contributed by atoms with Gasteiger partial charge in [-0.1, -0.05) is 18.2 Å². The number of nitrogens with two attached hydrogens (primary N) is 4. The van der Waals surface area contributed by atoms with Crippen LogP contribution in [0.15, 0.2) is 69.9 Å². The van der Waals surface area contributed by atoms with Gasteiger partial charge in [0.15, 0.2) is 18.0 Å². The average molecular weight is 940 g/mol. The summed E-state index contributed by atoms with van der Waals surface area (Å²) < 4.78 is 29.3. The second kappa shape index (κ2) is 21.6. The molecule has 23 heteroatoms. The van der Waals surface area contributed by atoms with Crippen LogP contribution in [0.5, 0.6) is 5.75 Å². The van der Waals surface area contributed by atoms with Gasteiger partial charge < -0.3 is 137 Å². The standard InChI is InChI=1S/C38H47N5O14.4ClH/c39-12-24-29(47)31(49)32(50)38(54-24)57-35-21(41)11-20(40)34(33(35)51)56-37-30(48)27(42)28(46)25(55-37)13-43-36(52)17-4-2-1-3-16(17)26-18-7-5-14(44)9-22(18)53-23-10-15(45)6-8-19(23)26;;;;/h1-10,20-21,24-25,27-35,37-38,44,46-51H,11-13,39-42H2,(H,43,52);4*1H/p-4/t20?,21?,24?,25-,27-,28?,29-,30-,31+,32?,33-,34-,35?,37?,38-;;;;/m1..../s1. The maximum atomic E-state index is 13.9. The number of phenolic OH excluding ortho intramolecular Hbond substituents is 1. The number of aliphatic hydroxyl groups excluding tert-OH is 6. The lowest BCUT2D eigenvalue weighted by molar-refractivity contribution is -0.330. The van der Waals surface area contributed by atoms with Crippen molar-refractivity contribution < 1.29 is 114 Å². The Hall–Kier alpha value is -3.00. The van der Waals surface area contributed by atoms with Crippen molar-refractivity contribution in [3.8, 4) is 28.2 Å². The summed E-state index contributed by atoms with van der Waals surface area (Å²) >= 11 is 0. The van der Waals surface area contributed by atoms with Gasteiger partial charge in [-0.3, -0.25) is 9.59 Å². The molecule has 15 atom stereocenters. The number of carbonyl (C=O) groups is 1. The Morgan fingerprint density at radius 3 is 2.00 bits per heavy atom. The van der Waals surface area contributed by atoms with Crippen molar-refractivity contribution in [3.63, 3.8) is 0 Å². The number of hydrogen-bond donors (Lipinski definition) is 12. The minimum absolute atomic E-state index is 0. The summed E-state index contributed by atoms with van der Waals surface area (Å²) in [4.78, 5) is 26.1. The molecule has 0 aromatic heterocycles. The number of hydrogen-bond acceptors (Lipinski definition) is 18. The largest absolute Gasteiger partial charge is 1.00 e. The summed E-state index contributed by atoms with van der Waals surface area (Å²) in [6.07, 6.45) is -17.7. The molecule has 7 unspecified atom stereocenters. The fourth-order valence-electron chi connectivity index (χ4n) is 7.76. The van der Waals surface area contributed by atoms with Crippen LogP contribution in [-0.4, -0.2) is 146 Å². The van der Waals surface area contributed by atoms with E-state index in [4.69, 9.17) is 46.3 Å². The fourth-order valence-corrected chi connectivity index (χ4v) is 7.76. The minimum atomic E-state index is -1.73. The average Bonchev–Trinajstić information content (AvgIpc) is 3.19. The second-order valence-electron chi connectivity index (χ2n) is 14.7. The molecule has 16 N–H and O–H groups in total. The Bertz CT molecular complexity index is 2110. The molecule has 1 saturated carbocycles. The summed E-state index contributed by atoms with van der Waals surface area (Å²) in [6.45, 7) is -0.539. The highest BCUT2D eigenvalue weighted by Crippen LogP contribution is 2.42. The van der Waals surface area contributed by atoms with Crippen molar-refractivity contribution in [2.75, 3.05) is 13.1 Å². The van der Waals surface area contributed by atoms with Crippen LogP contribution in [0.3, 0.4) is 0 Å². The Kier molecular flexibility index (Phi) is 18.5. The van der Waals surface area contributed by atoms with E-state index in [-0.39, 0.29) is 97.2 Å². The van der Waals surface area contributed by atoms with E-state index in [1.807, 2.05) is 0 Å². The van der Waals surface area contributed by atoms with Crippen LogP contribution in [0.2, 0.25) is 0 Å². The van der Waals surface area contributed by atoms with E-state index >= 15 is 0 Å². The van der Waals surface area contributed by atoms with Crippen molar-refractivity contribution in [1.29, 1.82) is 0 Å². The molecule has 340 valence electrons. The predicted octanol–water partition coefficient (Wildman–Crippen LogP) is -15.3. The van der Waals surface area contributed by atoms with E-state index in [0.717, 1.165) is 0 Å². The summed E-state index contributed by atoms with van der Waals surface area (Å²) in [6, 6.07) is 12.3. The van der Waals surface area contributed by atoms with Gasteiger partial charge in [-0.2, -0.15) is 0 Å². The van der Waals surface area contributed by atoms with E-state index in [1.165, 1.54) is 24.3 Å². The van der Waals surface area contributed by atoms with Gasteiger partial charge in [-0.25, -0.2) is 0 Å². The molecule has 61 heavy (non-hydrogen) atoms. The third kappa shape index (κ3) is 10.4. The van der Waals surface area contributed by atoms with Crippen LogP contribution in [0.25, 0.3) is 33.4 Å². The molecule has 2 aromatic carbocycles. The Balaban J connectivity index is 0.00000248. The van der Waals surface area contributed by atoms with Gasteiger partial charge in [0.05, 0.1) is 12.1 Å². The van der Waals surface area contributed by atoms with E-state index in [9.17, 15) is 45.3 Å². The highest BCUT2D eigenvalue weighted by molar-refractivity contribution is 6.09. The molecule has 19 nitrogen and oxygen atoms in total. The SMILES string of the molecule is NCC1O[C@H](OC2C(N)CC(N)[C@@H](OC3O[C@H](CNC(=O)c4ccccc4-c4c5ccc(=O)cc-5oc5cc(O)ccc45)C(O)[C@@H](N)[C@H]3O)[C@H]2O)C(O)[C@@H](O)[C@@H]1O.[Cl-].[Cl-].[Cl-].[Cl-]. The number of fused-ring (bicyclic) bond motifs is 2. The van der Waals surface area contributed by atoms with E-state index in [0.29, 0.717) is 22.1 Å². The second-order valence-corrected chi connectivity index (χ2v) is 14.7. The third-order valence-electron chi connectivity index (χ3n) is 10.9. The van der Waals surface area contributed by atoms with Crippen molar-refractivity contribution in [2.45, 2.75) is 98.2 Å². The molecule has 0 bridgehead atoms. The molecule has 2 saturated heterocycles. The zero-order valence-corrected chi connectivity index (χ0v) is 34.9. The summed E-state index contributed by atoms with van der Waals surface area (Å²) in [5.74, 6) is -0.406. The first kappa shape index (κ1) is 52.3. The monoisotopic (exact) mass is 937 g/mol. The zero-order chi connectivity index (χ0) is 40.9. The summed E-state index contributed by atoms with van der Waals surface area (Å²) in [7, 11) is 0. The first-order valence-corrected chi connectivity index (χ1v) is 18.4. The highest BCUT2D eigenvalue weighted by atomic mass is 35.5. The van der Waals surface area contributed by atoms with Crippen molar-refractivity contribution >= 4 is 16.9 Å². The molecular weight excluding hydrogens is 892 g/mol. The number of halogens is 4. The Morgan fingerprint density at radius 2 is 1.34 bits per heavy atom. The molecule has 2 aromatic rings. The van der Waals surface area contributed by atoms with E-state index < -0.39 is 97.7 Å². The normalized spacial score (nSPS) is 33.6. The number of amides is 1. The lowest BCUT2D eigenvalue weighted by atomic mass is 9.84. The lowest BCUT2D eigenvalue weighted by Crippen LogP contribution is -3.00. The van der Waals surface area contributed by atoms with Gasteiger partial charge in [0.1, 0.15) is 72.0 Å². The zero-order valence-electron chi connectivity index (χ0n) is 31.9. The molecule has 5 aliphatic rings. The maximum Gasteiger partial charge on any atom is 0.252 e. The number of phenols is 1. The molecule has 2 aliphatic carbocycles. The van der Waals surface area contributed by atoms with Gasteiger partial charge in [0.2, 0.25) is 0 Å². The number of nitrogens with one attached hydrogen (secondary N) is 1. The molecule has 3 aliphatic heterocycles. The molecule has 0 spiro atoms. The maximum absolute atomic E-state index is 13.9. The fraction of sp³-hybridized carbons (Fsp3) is 0.474. The number of rotatable bonds is 9. The van der Waals surface area contributed by atoms with E-state index in [1.54, 1.807) is 36.4 Å². The highest BCUT2D eigenvalue weighted by Gasteiger charge is 2.51. The van der Waals surface area contributed by atoms with Crippen LogP contribution in [-0.2, 0) is 18.9 Å². The van der Waals surface area contributed by atoms with Crippen molar-refractivity contribution in [2.24, 2.45) is 22.9 Å². The third-order valence-corrected chi connectivity index (χ3v) is 10.9. The van der Waals surface area contributed by atoms with Gasteiger partial charge in [-0.15, -0.1) is 0 Å². The number of aromatic hydroxyl groups is 1. The van der Waals surface area contributed by atoms with Gasteiger partial charge in [-0.05, 0) is 42.3 Å². The quantitative estimate of drug-likeness (QED) is 0.0694. The van der Waals surface area contributed by atoms with Gasteiger partial charge >= 0.3 is 0 Å². The lowest BCUT2D eigenvalue weighted by Gasteiger charge is -2.48. The molecule has 1 amide bonds. The molecule has 3 fully saturated rings. The van der Waals surface area contributed by atoms with Gasteiger partial charge in [0, 0.05) is 59.4 Å². The van der Waals surface area contributed by atoms with Crippen LogP contribution in [0.4, 0.5) is 0 Å². The number of ether oxygens (including phenoxy) is 4. The summed E-state index contributed by atoms with van der Waals surface area (Å²) in [5, 5.41) is 77.9. The van der Waals surface area contributed by atoms with Crippen molar-refractivity contribution in [1.82, 2.24) is 5.32 Å². The minimum Gasteiger partial charge on any atom is -1.00 e. The predicted molar refractivity (Wildman–Crippen MR) is 199 cm³/mol. The van der Waals surface area contributed by atoms with Crippen LogP contribution >= 0.6 is 0 Å². The van der Waals surface area contributed by atoms with Crippen LogP contribution < -0.4 is 83.3 Å². The first-order valence-electron chi connectivity index (χ1n) is 18.4. The molecule has 7 rings (SSSR count). The van der Waals surface area contributed by atoms with Crippen LogP contribution in [0.1, 0.15) is 16.8 Å². The van der Waals surface area contributed by atoms with Crippen LogP contribution in [0, 0.1) is 0 Å². The Morgan fingerprint density at radius 1 is 0.721 bits per heavy atom. The first-order chi connectivity index (χ1) is 27.2. The van der Waals surface area contributed by atoms with E-state index in [2.05, 4.69) is 5.32 Å². The number of benzene rings is 3. The molecular formula is C38H47Cl4N5O14-4. The summed E-state index contributed by atoms with van der Waals surface area (Å²) in [5.41, 5.74) is 26.2. The number of carbonyl (C=O) groups excluding carboxylic acids is 1. The number of aliphatic hydroxyl groups is 6.